The Hall–Kier alpha value is -1.29. The highest BCUT2D eigenvalue weighted by Crippen LogP contribution is 2.33. The fourth-order valence-corrected chi connectivity index (χ4v) is 2.19. The van der Waals surface area contributed by atoms with Gasteiger partial charge in [-0.3, -0.25) is 0 Å². The molecule has 0 fully saturated rings. The summed E-state index contributed by atoms with van der Waals surface area (Å²) in [4.78, 5) is 0. The van der Waals surface area contributed by atoms with Gasteiger partial charge in [0.2, 0.25) is 0 Å². The Morgan fingerprint density at radius 2 is 1.90 bits per heavy atom. The lowest BCUT2D eigenvalue weighted by atomic mass is 10.0. The van der Waals surface area contributed by atoms with Crippen molar-refractivity contribution >= 4 is 23.2 Å². The van der Waals surface area contributed by atoms with Crippen LogP contribution >= 0.6 is 23.2 Å². The summed E-state index contributed by atoms with van der Waals surface area (Å²) < 4.78 is 19.6. The summed E-state index contributed by atoms with van der Waals surface area (Å²) in [5.74, 6) is -0.0269. The second-order valence-electron chi connectivity index (χ2n) is 4.81. The van der Waals surface area contributed by atoms with Crippen LogP contribution in [0.3, 0.4) is 0 Å². The number of rotatable bonds is 5. The molecule has 0 heterocycles. The molecule has 0 amide bonds. The van der Waals surface area contributed by atoms with Crippen molar-refractivity contribution in [3.05, 3.63) is 57.8 Å². The van der Waals surface area contributed by atoms with Crippen LogP contribution in [0.2, 0.25) is 10.0 Å². The van der Waals surface area contributed by atoms with Gasteiger partial charge in [-0.05, 0) is 42.7 Å². The van der Waals surface area contributed by atoms with Crippen LogP contribution in [-0.2, 0) is 6.42 Å². The number of halogens is 3. The fourth-order valence-electron chi connectivity index (χ4n) is 1.88. The minimum atomic E-state index is -0.452. The second-order valence-corrected chi connectivity index (χ2v) is 5.66. The second kappa shape index (κ2) is 7.12. The highest BCUT2D eigenvalue weighted by molar-refractivity contribution is 6.34. The lowest BCUT2D eigenvalue weighted by Crippen LogP contribution is -2.21. The van der Waals surface area contributed by atoms with Crippen molar-refractivity contribution in [2.24, 2.45) is 5.73 Å². The van der Waals surface area contributed by atoms with Gasteiger partial charge < -0.3 is 10.5 Å². The van der Waals surface area contributed by atoms with Crippen LogP contribution in [0.4, 0.5) is 4.39 Å². The fraction of sp³-hybridized carbons (Fsp3) is 0.250. The molecule has 1 unspecified atom stereocenters. The van der Waals surface area contributed by atoms with E-state index in [1.165, 1.54) is 6.07 Å². The summed E-state index contributed by atoms with van der Waals surface area (Å²) >= 11 is 11.9. The topological polar surface area (TPSA) is 35.2 Å². The largest absolute Gasteiger partial charge is 0.453 e. The molecule has 2 nitrogen and oxygen atoms in total. The van der Waals surface area contributed by atoms with Gasteiger partial charge >= 0.3 is 0 Å². The predicted octanol–water partition coefficient (Wildman–Crippen LogP) is 5.20. The molecule has 0 aromatic heterocycles. The van der Waals surface area contributed by atoms with E-state index >= 15 is 0 Å². The van der Waals surface area contributed by atoms with Crippen LogP contribution in [0.1, 0.15) is 18.9 Å². The molecule has 0 saturated heterocycles. The van der Waals surface area contributed by atoms with Crippen molar-refractivity contribution in [3.8, 4) is 11.5 Å². The van der Waals surface area contributed by atoms with E-state index in [0.717, 1.165) is 12.0 Å². The van der Waals surface area contributed by atoms with Gasteiger partial charge in [-0.1, -0.05) is 36.2 Å². The van der Waals surface area contributed by atoms with Crippen LogP contribution in [0, 0.1) is 5.82 Å². The van der Waals surface area contributed by atoms with E-state index in [0.29, 0.717) is 22.2 Å². The Morgan fingerprint density at radius 1 is 1.14 bits per heavy atom. The van der Waals surface area contributed by atoms with E-state index in [4.69, 9.17) is 33.7 Å². The van der Waals surface area contributed by atoms with Crippen LogP contribution in [-0.4, -0.2) is 6.04 Å². The Labute approximate surface area is 133 Å². The quantitative estimate of drug-likeness (QED) is 0.818. The summed E-state index contributed by atoms with van der Waals surface area (Å²) in [6.07, 6.45) is 1.48. The van der Waals surface area contributed by atoms with Gasteiger partial charge in [0.05, 0.1) is 5.02 Å². The first kappa shape index (κ1) is 16.1. The Bertz CT molecular complexity index is 634. The number of hydrogen-bond donors (Lipinski definition) is 1. The van der Waals surface area contributed by atoms with Crippen molar-refractivity contribution in [1.82, 2.24) is 0 Å². The van der Waals surface area contributed by atoms with Crippen LogP contribution < -0.4 is 10.5 Å². The van der Waals surface area contributed by atoms with Crippen LogP contribution in [0.15, 0.2) is 36.4 Å². The number of hydrogen-bond acceptors (Lipinski definition) is 2. The van der Waals surface area contributed by atoms with E-state index in [9.17, 15) is 4.39 Å². The average Bonchev–Trinajstić information content (AvgIpc) is 2.45. The monoisotopic (exact) mass is 327 g/mol. The highest BCUT2D eigenvalue weighted by Gasteiger charge is 2.10. The Kier molecular flexibility index (Phi) is 5.45. The highest BCUT2D eigenvalue weighted by atomic mass is 35.5. The van der Waals surface area contributed by atoms with Gasteiger partial charge in [0, 0.05) is 17.1 Å². The minimum absolute atomic E-state index is 0.0264. The molecule has 0 aliphatic carbocycles. The van der Waals surface area contributed by atoms with Crippen molar-refractivity contribution in [1.29, 1.82) is 0 Å². The summed E-state index contributed by atoms with van der Waals surface area (Å²) in [5, 5.41) is 0.844. The standard InChI is InChI=1S/C16H16Cl2FNO/c1-2-12(20)7-10-3-6-15(14(19)8-10)21-16-9-11(17)4-5-13(16)18/h3-6,8-9,12H,2,7,20H2,1H3. The molecular formula is C16H16Cl2FNO. The SMILES string of the molecule is CCC(N)Cc1ccc(Oc2cc(Cl)ccc2Cl)c(F)c1. The molecule has 0 saturated carbocycles. The Morgan fingerprint density at radius 3 is 2.57 bits per heavy atom. The predicted molar refractivity (Wildman–Crippen MR) is 84.9 cm³/mol. The van der Waals surface area contributed by atoms with Crippen LogP contribution in [0.25, 0.3) is 0 Å². The molecule has 0 aliphatic heterocycles. The smallest absolute Gasteiger partial charge is 0.165 e. The average molecular weight is 328 g/mol. The molecule has 2 N–H and O–H groups in total. The van der Waals surface area contributed by atoms with Crippen molar-refractivity contribution < 1.29 is 9.13 Å². The molecule has 0 spiro atoms. The molecule has 112 valence electrons. The molecule has 2 rings (SSSR count). The first-order chi connectivity index (χ1) is 9.99. The maximum absolute atomic E-state index is 14.1. The zero-order chi connectivity index (χ0) is 15.4. The van der Waals surface area contributed by atoms with Crippen molar-refractivity contribution in [2.75, 3.05) is 0 Å². The van der Waals surface area contributed by atoms with Gasteiger partial charge in [0.1, 0.15) is 5.75 Å². The number of benzene rings is 2. The summed E-state index contributed by atoms with van der Waals surface area (Å²) in [5.41, 5.74) is 6.71. The zero-order valence-corrected chi connectivity index (χ0v) is 13.1. The molecule has 5 heteroatoms. The molecule has 1 atom stereocenters. The van der Waals surface area contributed by atoms with Gasteiger partial charge in [-0.25, -0.2) is 4.39 Å². The van der Waals surface area contributed by atoms with Crippen molar-refractivity contribution in [3.63, 3.8) is 0 Å². The molecule has 2 aromatic rings. The van der Waals surface area contributed by atoms with E-state index in [1.807, 2.05) is 6.92 Å². The normalized spacial score (nSPS) is 12.2. The summed E-state index contributed by atoms with van der Waals surface area (Å²) in [6, 6.07) is 9.62. The number of ether oxygens (including phenoxy) is 1. The van der Waals surface area contributed by atoms with Crippen molar-refractivity contribution in [2.45, 2.75) is 25.8 Å². The summed E-state index contributed by atoms with van der Waals surface area (Å²) in [6.45, 7) is 2.00. The minimum Gasteiger partial charge on any atom is -0.453 e. The Balaban J connectivity index is 2.19. The first-order valence-corrected chi connectivity index (χ1v) is 7.42. The molecule has 0 aliphatic rings. The third kappa shape index (κ3) is 4.34. The van der Waals surface area contributed by atoms with E-state index in [1.54, 1.807) is 30.3 Å². The molecule has 21 heavy (non-hydrogen) atoms. The lowest BCUT2D eigenvalue weighted by Gasteiger charge is -2.12. The summed E-state index contributed by atoms with van der Waals surface area (Å²) in [7, 11) is 0. The van der Waals surface area contributed by atoms with Gasteiger partial charge in [-0.2, -0.15) is 0 Å². The third-order valence-corrected chi connectivity index (χ3v) is 3.68. The van der Waals surface area contributed by atoms with Gasteiger partial charge in [0.15, 0.2) is 11.6 Å². The third-order valence-electron chi connectivity index (χ3n) is 3.13. The molecular weight excluding hydrogens is 312 g/mol. The maximum atomic E-state index is 14.1. The van der Waals surface area contributed by atoms with E-state index in [-0.39, 0.29) is 11.8 Å². The van der Waals surface area contributed by atoms with Gasteiger partial charge in [0.25, 0.3) is 0 Å². The van der Waals surface area contributed by atoms with Gasteiger partial charge in [-0.15, -0.1) is 0 Å². The molecule has 0 bridgehead atoms. The number of nitrogens with two attached hydrogens (primary N) is 1. The molecule has 2 aromatic carbocycles. The van der Waals surface area contributed by atoms with Crippen LogP contribution in [0.5, 0.6) is 11.5 Å². The van der Waals surface area contributed by atoms with E-state index in [2.05, 4.69) is 0 Å². The molecule has 0 radical (unpaired) electrons. The van der Waals surface area contributed by atoms with E-state index < -0.39 is 5.82 Å². The first-order valence-electron chi connectivity index (χ1n) is 6.66. The lowest BCUT2D eigenvalue weighted by molar-refractivity contribution is 0.441. The maximum Gasteiger partial charge on any atom is 0.165 e. The zero-order valence-electron chi connectivity index (χ0n) is 11.6.